The Morgan fingerprint density at radius 1 is 0.720 bits per heavy atom. The molecule has 4 aromatic rings. The maximum Gasteiger partial charge on any atom is 0.101 e. The summed E-state index contributed by atoms with van der Waals surface area (Å²) in [4.78, 5) is 0. The average Bonchev–Trinajstić information content (AvgIpc) is 3.01. The summed E-state index contributed by atoms with van der Waals surface area (Å²) in [5.74, 6) is 0. The summed E-state index contributed by atoms with van der Waals surface area (Å²) in [5.41, 5.74) is 6.49. The molecule has 0 radical (unpaired) electrons. The van der Waals surface area contributed by atoms with E-state index in [0.29, 0.717) is 0 Å². The monoisotopic (exact) mass is 344 g/mol. The number of hydrogen-bond acceptors (Lipinski definition) is 1. The van der Waals surface area contributed by atoms with Gasteiger partial charge >= 0.3 is 0 Å². The molecule has 0 aliphatic rings. The van der Waals surface area contributed by atoms with Gasteiger partial charge in [-0.2, -0.15) is 5.10 Å². The Morgan fingerprint density at radius 2 is 1.32 bits per heavy atom. The molecule has 0 saturated carbocycles. The first-order valence-corrected chi connectivity index (χ1v) is 8.58. The minimum Gasteiger partial charge on any atom is -0.237 e. The Morgan fingerprint density at radius 3 is 1.96 bits per heavy atom. The number of nitrogens with zero attached hydrogens (tertiary/aromatic N) is 2. The Bertz CT molecular complexity index is 988. The normalized spacial score (nSPS) is 10.8. The minimum atomic E-state index is 0.726. The third-order valence-electron chi connectivity index (χ3n) is 4.30. The van der Waals surface area contributed by atoms with Crippen molar-refractivity contribution in [2.24, 2.45) is 0 Å². The summed E-state index contributed by atoms with van der Waals surface area (Å²) in [6.07, 6.45) is 0. The molecule has 0 fully saturated rings. The molecule has 2 nitrogen and oxygen atoms in total. The van der Waals surface area contributed by atoms with Crippen molar-refractivity contribution in [2.45, 2.75) is 6.92 Å². The minimum absolute atomic E-state index is 0.726. The smallest absolute Gasteiger partial charge is 0.101 e. The number of benzene rings is 3. The molecule has 0 amide bonds. The second kappa shape index (κ2) is 6.58. The zero-order valence-corrected chi connectivity index (χ0v) is 14.6. The summed E-state index contributed by atoms with van der Waals surface area (Å²) < 4.78 is 2.01. The van der Waals surface area contributed by atoms with E-state index in [1.165, 1.54) is 0 Å². The first-order valence-electron chi connectivity index (χ1n) is 8.20. The van der Waals surface area contributed by atoms with Gasteiger partial charge in [-0.1, -0.05) is 72.3 Å². The summed E-state index contributed by atoms with van der Waals surface area (Å²) in [6.45, 7) is 2.11. The SMILES string of the molecule is Cc1c(-c2ccccc2)c(-c2ccc(Cl)cc2)nn1-c1ccccc1. The topological polar surface area (TPSA) is 17.8 Å². The summed E-state index contributed by atoms with van der Waals surface area (Å²) in [6, 6.07) is 28.5. The molecule has 0 aliphatic heterocycles. The van der Waals surface area contributed by atoms with Crippen LogP contribution in [-0.4, -0.2) is 9.78 Å². The lowest BCUT2D eigenvalue weighted by Gasteiger charge is -2.06. The van der Waals surface area contributed by atoms with Crippen LogP contribution in [0.2, 0.25) is 5.02 Å². The van der Waals surface area contributed by atoms with Crippen LogP contribution in [0.25, 0.3) is 28.1 Å². The van der Waals surface area contributed by atoms with Crippen molar-refractivity contribution >= 4 is 11.6 Å². The van der Waals surface area contributed by atoms with E-state index < -0.39 is 0 Å². The Hall–Kier alpha value is -2.84. The molecule has 0 atom stereocenters. The van der Waals surface area contributed by atoms with Gasteiger partial charge in [0.2, 0.25) is 0 Å². The quantitative estimate of drug-likeness (QED) is 0.434. The lowest BCUT2D eigenvalue weighted by atomic mass is 9.99. The van der Waals surface area contributed by atoms with Gasteiger partial charge in [-0.3, -0.25) is 0 Å². The van der Waals surface area contributed by atoms with Crippen LogP contribution in [0.3, 0.4) is 0 Å². The second-order valence-electron chi connectivity index (χ2n) is 5.93. The van der Waals surface area contributed by atoms with Crippen LogP contribution in [-0.2, 0) is 0 Å². The lowest BCUT2D eigenvalue weighted by molar-refractivity contribution is 0.850. The van der Waals surface area contributed by atoms with Crippen molar-refractivity contribution in [3.8, 4) is 28.1 Å². The number of aromatic nitrogens is 2. The number of hydrogen-bond donors (Lipinski definition) is 0. The fourth-order valence-electron chi connectivity index (χ4n) is 3.08. The van der Waals surface area contributed by atoms with Crippen LogP contribution in [0.1, 0.15) is 5.69 Å². The standard InChI is InChI=1S/C22H17ClN2/c1-16-21(17-8-4-2-5-9-17)22(18-12-14-19(23)15-13-18)24-25(16)20-10-6-3-7-11-20/h2-15H,1H3. The van der Waals surface area contributed by atoms with Gasteiger partial charge in [-0.25, -0.2) is 4.68 Å². The third-order valence-corrected chi connectivity index (χ3v) is 4.55. The van der Waals surface area contributed by atoms with Gasteiger partial charge in [0.25, 0.3) is 0 Å². The van der Waals surface area contributed by atoms with Crippen LogP contribution in [0.4, 0.5) is 0 Å². The molecule has 0 spiro atoms. The van der Waals surface area contributed by atoms with E-state index in [4.69, 9.17) is 16.7 Å². The molecule has 0 bridgehead atoms. The molecular formula is C22H17ClN2. The van der Waals surface area contributed by atoms with Gasteiger partial charge in [0, 0.05) is 21.8 Å². The third kappa shape index (κ3) is 2.97. The van der Waals surface area contributed by atoms with Gasteiger partial charge in [0.15, 0.2) is 0 Å². The van der Waals surface area contributed by atoms with Crippen LogP contribution < -0.4 is 0 Å². The van der Waals surface area contributed by atoms with Gasteiger partial charge in [-0.15, -0.1) is 0 Å². The summed E-state index contributed by atoms with van der Waals surface area (Å²) in [7, 11) is 0. The maximum atomic E-state index is 6.06. The van der Waals surface area contributed by atoms with Gasteiger partial charge < -0.3 is 0 Å². The van der Waals surface area contributed by atoms with Crippen molar-refractivity contribution in [1.29, 1.82) is 0 Å². The van der Waals surface area contributed by atoms with E-state index in [1.807, 2.05) is 53.2 Å². The molecule has 1 aromatic heterocycles. The second-order valence-corrected chi connectivity index (χ2v) is 6.37. The predicted molar refractivity (Wildman–Crippen MR) is 104 cm³/mol. The highest BCUT2D eigenvalue weighted by molar-refractivity contribution is 6.30. The first-order chi connectivity index (χ1) is 12.2. The Balaban J connectivity index is 1.97. The van der Waals surface area contributed by atoms with Crippen molar-refractivity contribution in [1.82, 2.24) is 9.78 Å². The number of halogens is 1. The van der Waals surface area contributed by atoms with Gasteiger partial charge in [-0.05, 0) is 36.8 Å². The highest BCUT2D eigenvalue weighted by Crippen LogP contribution is 2.35. The Labute approximate surface area is 152 Å². The van der Waals surface area contributed by atoms with Crippen molar-refractivity contribution in [3.63, 3.8) is 0 Å². The zero-order chi connectivity index (χ0) is 17.2. The molecule has 25 heavy (non-hydrogen) atoms. The summed E-state index contributed by atoms with van der Waals surface area (Å²) >= 11 is 6.06. The lowest BCUT2D eigenvalue weighted by Crippen LogP contribution is -1.98. The number of rotatable bonds is 3. The zero-order valence-electron chi connectivity index (χ0n) is 13.9. The van der Waals surface area contributed by atoms with Crippen molar-refractivity contribution in [2.75, 3.05) is 0 Å². The first kappa shape index (κ1) is 15.7. The van der Waals surface area contributed by atoms with E-state index >= 15 is 0 Å². The van der Waals surface area contributed by atoms with E-state index in [9.17, 15) is 0 Å². The largest absolute Gasteiger partial charge is 0.237 e. The maximum absolute atomic E-state index is 6.06. The van der Waals surface area contributed by atoms with E-state index in [2.05, 4.69) is 43.3 Å². The van der Waals surface area contributed by atoms with E-state index in [0.717, 1.165) is 38.8 Å². The van der Waals surface area contributed by atoms with Crippen molar-refractivity contribution in [3.05, 3.63) is 95.6 Å². The fourth-order valence-corrected chi connectivity index (χ4v) is 3.21. The van der Waals surface area contributed by atoms with Crippen LogP contribution in [0, 0.1) is 6.92 Å². The molecule has 3 aromatic carbocycles. The number of para-hydroxylation sites is 1. The predicted octanol–water partition coefficient (Wildman–Crippen LogP) is 6.17. The highest BCUT2D eigenvalue weighted by Gasteiger charge is 2.18. The van der Waals surface area contributed by atoms with Crippen LogP contribution in [0.5, 0.6) is 0 Å². The molecule has 122 valence electrons. The molecule has 0 N–H and O–H groups in total. The average molecular weight is 345 g/mol. The molecule has 0 aliphatic carbocycles. The van der Waals surface area contributed by atoms with E-state index in [1.54, 1.807) is 0 Å². The van der Waals surface area contributed by atoms with E-state index in [-0.39, 0.29) is 0 Å². The fraction of sp³-hybridized carbons (Fsp3) is 0.0455. The molecule has 3 heteroatoms. The van der Waals surface area contributed by atoms with Crippen LogP contribution >= 0.6 is 11.6 Å². The van der Waals surface area contributed by atoms with Gasteiger partial charge in [0.05, 0.1) is 5.69 Å². The highest BCUT2D eigenvalue weighted by atomic mass is 35.5. The molecule has 0 saturated heterocycles. The Kier molecular flexibility index (Phi) is 4.12. The molecular weight excluding hydrogens is 328 g/mol. The molecule has 4 rings (SSSR count). The van der Waals surface area contributed by atoms with Gasteiger partial charge in [0.1, 0.15) is 5.69 Å². The molecule has 0 unspecified atom stereocenters. The van der Waals surface area contributed by atoms with Crippen LogP contribution in [0.15, 0.2) is 84.9 Å². The van der Waals surface area contributed by atoms with Crippen molar-refractivity contribution < 1.29 is 0 Å². The summed E-state index contributed by atoms with van der Waals surface area (Å²) in [5, 5.41) is 5.66. The molecule has 1 heterocycles.